The van der Waals surface area contributed by atoms with Gasteiger partial charge in [-0.05, 0) is 74.4 Å². The third kappa shape index (κ3) is 3.03. The van der Waals surface area contributed by atoms with Gasteiger partial charge in [0.05, 0.1) is 12.7 Å². The van der Waals surface area contributed by atoms with Crippen LogP contribution in [0.3, 0.4) is 0 Å². The predicted octanol–water partition coefficient (Wildman–Crippen LogP) is 2.48. The van der Waals surface area contributed by atoms with E-state index in [1.807, 2.05) is 6.07 Å². The van der Waals surface area contributed by atoms with Gasteiger partial charge >= 0.3 is 0 Å². The zero-order chi connectivity index (χ0) is 13.0. The number of aliphatic hydroxyl groups is 1. The maximum Gasteiger partial charge on any atom is 0.125 e. The number of fused-ring (bicyclic) bond motifs is 1. The van der Waals surface area contributed by atoms with Crippen molar-refractivity contribution in [3.05, 3.63) is 28.8 Å². The minimum absolute atomic E-state index is 0.402. The van der Waals surface area contributed by atoms with E-state index in [0.29, 0.717) is 6.54 Å². The number of ether oxygens (including phenoxy) is 1. The molecule has 2 rings (SSSR count). The highest BCUT2D eigenvalue weighted by molar-refractivity contribution is 5.45. The van der Waals surface area contributed by atoms with Crippen molar-refractivity contribution in [3.63, 3.8) is 0 Å². The van der Waals surface area contributed by atoms with Crippen LogP contribution in [0.5, 0.6) is 5.75 Å². The first-order valence-electron chi connectivity index (χ1n) is 6.86. The molecule has 1 unspecified atom stereocenters. The van der Waals surface area contributed by atoms with Gasteiger partial charge in [0.2, 0.25) is 0 Å². The van der Waals surface area contributed by atoms with E-state index in [9.17, 15) is 5.11 Å². The molecule has 0 spiro atoms. The van der Waals surface area contributed by atoms with Crippen LogP contribution >= 0.6 is 0 Å². The molecule has 1 heterocycles. The van der Waals surface area contributed by atoms with Gasteiger partial charge in [0.25, 0.3) is 0 Å². The molecule has 1 aliphatic rings. The molecule has 0 amide bonds. The van der Waals surface area contributed by atoms with Gasteiger partial charge in [0, 0.05) is 0 Å². The highest BCUT2D eigenvalue weighted by atomic mass is 16.5. The van der Waals surface area contributed by atoms with Crippen LogP contribution in [0.4, 0.5) is 0 Å². The van der Waals surface area contributed by atoms with Crippen molar-refractivity contribution < 1.29 is 9.84 Å². The molecule has 1 atom stereocenters. The molecule has 100 valence electrons. The van der Waals surface area contributed by atoms with Crippen molar-refractivity contribution in [3.8, 4) is 5.75 Å². The standard InChI is InChI=1S/C15H23NO2/c1-11-9-13(14(17)6-4-7-16)10-12-5-2-3-8-18-15(11)12/h9-10,14,17H,2-8,16H2,1H3. The van der Waals surface area contributed by atoms with E-state index < -0.39 is 6.10 Å². The SMILES string of the molecule is Cc1cc(C(O)CCCN)cc2c1OCCCC2. The number of rotatable bonds is 4. The summed E-state index contributed by atoms with van der Waals surface area (Å²) in [5.74, 6) is 1.03. The summed E-state index contributed by atoms with van der Waals surface area (Å²) in [5.41, 5.74) is 8.87. The van der Waals surface area contributed by atoms with E-state index in [2.05, 4.69) is 13.0 Å². The molecule has 3 heteroatoms. The van der Waals surface area contributed by atoms with Gasteiger partial charge in [0.15, 0.2) is 0 Å². The summed E-state index contributed by atoms with van der Waals surface area (Å²) < 4.78 is 5.79. The van der Waals surface area contributed by atoms with E-state index in [-0.39, 0.29) is 0 Å². The lowest BCUT2D eigenvalue weighted by atomic mass is 9.96. The Hall–Kier alpha value is -1.06. The molecule has 0 saturated carbocycles. The van der Waals surface area contributed by atoms with Crippen LogP contribution in [-0.2, 0) is 6.42 Å². The Balaban J connectivity index is 2.22. The zero-order valence-electron chi connectivity index (χ0n) is 11.1. The third-order valence-electron chi connectivity index (χ3n) is 3.53. The van der Waals surface area contributed by atoms with Crippen molar-refractivity contribution >= 4 is 0 Å². The van der Waals surface area contributed by atoms with E-state index in [1.54, 1.807) is 0 Å². The molecule has 0 saturated heterocycles. The molecule has 3 N–H and O–H groups in total. The molecule has 0 aromatic heterocycles. The second-order valence-corrected chi connectivity index (χ2v) is 5.08. The third-order valence-corrected chi connectivity index (χ3v) is 3.53. The summed E-state index contributed by atoms with van der Waals surface area (Å²) in [7, 11) is 0. The minimum Gasteiger partial charge on any atom is -0.493 e. The van der Waals surface area contributed by atoms with Gasteiger partial charge in [-0.2, -0.15) is 0 Å². The molecule has 0 radical (unpaired) electrons. The van der Waals surface area contributed by atoms with Crippen molar-refractivity contribution in [2.24, 2.45) is 5.73 Å². The number of aryl methyl sites for hydroxylation is 2. The predicted molar refractivity (Wildman–Crippen MR) is 72.9 cm³/mol. The number of benzene rings is 1. The molecular weight excluding hydrogens is 226 g/mol. The largest absolute Gasteiger partial charge is 0.493 e. The first kappa shape index (κ1) is 13.4. The fourth-order valence-corrected chi connectivity index (χ4v) is 2.53. The number of hydrogen-bond acceptors (Lipinski definition) is 3. The quantitative estimate of drug-likeness (QED) is 0.862. The lowest BCUT2D eigenvalue weighted by molar-refractivity contribution is 0.165. The zero-order valence-corrected chi connectivity index (χ0v) is 11.1. The Bertz CT molecular complexity index is 404. The fraction of sp³-hybridized carbons (Fsp3) is 0.600. The monoisotopic (exact) mass is 249 g/mol. The van der Waals surface area contributed by atoms with Crippen LogP contribution in [-0.4, -0.2) is 18.3 Å². The average Bonchev–Trinajstić information content (AvgIpc) is 2.61. The van der Waals surface area contributed by atoms with E-state index in [1.165, 1.54) is 5.56 Å². The number of hydrogen-bond donors (Lipinski definition) is 2. The summed E-state index contributed by atoms with van der Waals surface area (Å²) >= 11 is 0. The van der Waals surface area contributed by atoms with Gasteiger partial charge < -0.3 is 15.6 Å². The van der Waals surface area contributed by atoms with Crippen molar-refractivity contribution in [1.29, 1.82) is 0 Å². The Kier molecular flexibility index (Phi) is 4.61. The molecule has 18 heavy (non-hydrogen) atoms. The topological polar surface area (TPSA) is 55.5 Å². The van der Waals surface area contributed by atoms with Crippen molar-refractivity contribution in [1.82, 2.24) is 0 Å². The van der Waals surface area contributed by atoms with E-state index in [0.717, 1.165) is 55.6 Å². The van der Waals surface area contributed by atoms with Crippen molar-refractivity contribution in [2.75, 3.05) is 13.2 Å². The lowest BCUT2D eigenvalue weighted by Gasteiger charge is -2.16. The first-order valence-corrected chi connectivity index (χ1v) is 6.86. The summed E-state index contributed by atoms with van der Waals surface area (Å²) in [4.78, 5) is 0. The second kappa shape index (κ2) is 6.21. The maximum atomic E-state index is 10.2. The van der Waals surface area contributed by atoms with Gasteiger partial charge in [-0.1, -0.05) is 0 Å². The Morgan fingerprint density at radius 1 is 1.39 bits per heavy atom. The summed E-state index contributed by atoms with van der Waals surface area (Å²) in [6, 6.07) is 4.15. The molecule has 0 fully saturated rings. The Morgan fingerprint density at radius 2 is 2.22 bits per heavy atom. The number of aliphatic hydroxyl groups excluding tert-OH is 1. The summed E-state index contributed by atoms with van der Waals surface area (Å²) in [6.45, 7) is 3.50. The maximum absolute atomic E-state index is 10.2. The van der Waals surface area contributed by atoms with Crippen molar-refractivity contribution in [2.45, 2.75) is 45.1 Å². The van der Waals surface area contributed by atoms with Crippen LogP contribution in [0.15, 0.2) is 12.1 Å². The van der Waals surface area contributed by atoms with Gasteiger partial charge in [0.1, 0.15) is 5.75 Å². The van der Waals surface area contributed by atoms with Gasteiger partial charge in [-0.15, -0.1) is 0 Å². The molecule has 1 aliphatic heterocycles. The molecule has 1 aromatic carbocycles. The highest BCUT2D eigenvalue weighted by Gasteiger charge is 2.16. The highest BCUT2D eigenvalue weighted by Crippen LogP contribution is 2.32. The molecule has 0 aliphatic carbocycles. The average molecular weight is 249 g/mol. The normalized spacial score (nSPS) is 16.6. The van der Waals surface area contributed by atoms with Gasteiger partial charge in [-0.3, -0.25) is 0 Å². The van der Waals surface area contributed by atoms with E-state index >= 15 is 0 Å². The second-order valence-electron chi connectivity index (χ2n) is 5.08. The summed E-state index contributed by atoms with van der Waals surface area (Å²) in [5, 5.41) is 10.2. The molecule has 0 bridgehead atoms. The first-order chi connectivity index (χ1) is 8.72. The van der Waals surface area contributed by atoms with Crippen LogP contribution < -0.4 is 10.5 Å². The van der Waals surface area contributed by atoms with Gasteiger partial charge in [-0.25, -0.2) is 0 Å². The van der Waals surface area contributed by atoms with Crippen LogP contribution in [0.25, 0.3) is 0 Å². The molecular formula is C15H23NO2. The van der Waals surface area contributed by atoms with Crippen LogP contribution in [0, 0.1) is 6.92 Å². The lowest BCUT2D eigenvalue weighted by Crippen LogP contribution is -2.05. The molecule has 1 aromatic rings. The minimum atomic E-state index is -0.402. The smallest absolute Gasteiger partial charge is 0.125 e. The molecule has 3 nitrogen and oxygen atoms in total. The Morgan fingerprint density at radius 3 is 3.00 bits per heavy atom. The summed E-state index contributed by atoms with van der Waals surface area (Å²) in [6.07, 6.45) is 4.51. The fourth-order valence-electron chi connectivity index (χ4n) is 2.53. The van der Waals surface area contributed by atoms with Crippen LogP contribution in [0.2, 0.25) is 0 Å². The number of nitrogens with two attached hydrogens (primary N) is 1. The van der Waals surface area contributed by atoms with Crippen LogP contribution in [0.1, 0.15) is 48.5 Å². The Labute approximate surface area is 109 Å². The van der Waals surface area contributed by atoms with E-state index in [4.69, 9.17) is 10.5 Å².